The Bertz CT molecular complexity index is 1260. The van der Waals surface area contributed by atoms with Crippen LogP contribution >= 0.6 is 0 Å². The summed E-state index contributed by atoms with van der Waals surface area (Å²) in [5, 5.41) is 0. The van der Waals surface area contributed by atoms with E-state index < -0.39 is 58.6 Å². The van der Waals surface area contributed by atoms with Gasteiger partial charge in [-0.15, -0.1) is 0 Å². The maximum atomic E-state index is 14.9. The second kappa shape index (κ2) is 10.7. The molecule has 9 heteroatoms. The van der Waals surface area contributed by atoms with Crippen molar-refractivity contribution in [2.75, 3.05) is 0 Å². The average molecular weight is 528 g/mol. The molecule has 0 N–H and O–H groups in total. The normalized spacial score (nSPS) is 18.2. The first-order valence-corrected chi connectivity index (χ1v) is 12.0. The molecule has 3 aromatic rings. The van der Waals surface area contributed by atoms with E-state index in [1.165, 1.54) is 12.1 Å². The molecule has 0 heterocycles. The third-order valence-electron chi connectivity index (χ3n) is 6.84. The molecule has 0 unspecified atom stereocenters. The van der Waals surface area contributed by atoms with Gasteiger partial charge in [-0.2, -0.15) is 8.78 Å². The van der Waals surface area contributed by atoms with Crippen LogP contribution in [0.5, 0.6) is 5.75 Å². The lowest BCUT2D eigenvalue weighted by Gasteiger charge is -2.33. The topological polar surface area (TPSA) is 9.23 Å². The van der Waals surface area contributed by atoms with Gasteiger partial charge < -0.3 is 4.74 Å². The third kappa shape index (κ3) is 5.60. The highest BCUT2D eigenvalue weighted by Crippen LogP contribution is 2.44. The Hall–Kier alpha value is -3.10. The van der Waals surface area contributed by atoms with Crippen LogP contribution < -0.4 is 4.74 Å². The van der Waals surface area contributed by atoms with Crippen LogP contribution in [0.3, 0.4) is 0 Å². The van der Waals surface area contributed by atoms with Gasteiger partial charge in [0.25, 0.3) is 0 Å². The van der Waals surface area contributed by atoms with E-state index in [4.69, 9.17) is 4.74 Å². The molecule has 1 saturated carbocycles. The van der Waals surface area contributed by atoms with Gasteiger partial charge in [0, 0.05) is 11.6 Å². The van der Waals surface area contributed by atoms with Gasteiger partial charge in [-0.25, -0.2) is 26.3 Å². The number of ether oxygens (including phenoxy) is 1. The molecule has 0 spiro atoms. The van der Waals surface area contributed by atoms with Gasteiger partial charge >= 0.3 is 6.11 Å². The van der Waals surface area contributed by atoms with Crippen molar-refractivity contribution in [1.82, 2.24) is 0 Å². The van der Waals surface area contributed by atoms with Crippen molar-refractivity contribution in [3.05, 3.63) is 88.5 Å². The van der Waals surface area contributed by atoms with Crippen LogP contribution in [0, 0.1) is 40.8 Å². The molecule has 4 rings (SSSR count). The summed E-state index contributed by atoms with van der Waals surface area (Å²) in [6.45, 7) is 1.85. The summed E-state index contributed by atoms with van der Waals surface area (Å²) in [7, 11) is 0. The minimum absolute atomic E-state index is 0.0237. The Kier molecular flexibility index (Phi) is 7.80. The zero-order valence-corrected chi connectivity index (χ0v) is 19.9. The molecule has 0 aliphatic heterocycles. The molecule has 0 saturated heterocycles. The number of hydrogen-bond donors (Lipinski definition) is 0. The molecular formula is C28H24F8O. The van der Waals surface area contributed by atoms with Crippen LogP contribution in [0.25, 0.3) is 11.1 Å². The van der Waals surface area contributed by atoms with Crippen LogP contribution in [0.15, 0.2) is 42.5 Å². The number of hydrogen-bond acceptors (Lipinski definition) is 1. The molecule has 37 heavy (non-hydrogen) atoms. The lowest BCUT2D eigenvalue weighted by Crippen LogP contribution is -2.37. The van der Waals surface area contributed by atoms with Gasteiger partial charge in [0.1, 0.15) is 11.6 Å². The predicted molar refractivity (Wildman–Crippen MR) is 122 cm³/mol. The standard InChI is InChI=1S/C28H24F8O/c1-2-3-16-6-10-21(26(33)25(16)32)15-4-7-18(8-5-15)28(35,36)37-19-9-11-20(22(29)14-19)17-12-23(30)27(34)24(31)13-17/h6,9-15,18H,2-5,7-8H2,1H3. The number of aryl methyl sites for hydroxylation is 1. The third-order valence-corrected chi connectivity index (χ3v) is 6.84. The summed E-state index contributed by atoms with van der Waals surface area (Å²) in [5.41, 5.74) is -0.179. The molecule has 0 atom stereocenters. The molecule has 1 fully saturated rings. The summed E-state index contributed by atoms with van der Waals surface area (Å²) in [6.07, 6.45) is -2.27. The fourth-order valence-electron chi connectivity index (χ4n) is 4.87. The molecule has 0 radical (unpaired) electrons. The van der Waals surface area contributed by atoms with E-state index in [9.17, 15) is 35.1 Å². The lowest BCUT2D eigenvalue weighted by molar-refractivity contribution is -0.222. The summed E-state index contributed by atoms with van der Waals surface area (Å²) >= 11 is 0. The van der Waals surface area contributed by atoms with E-state index in [1.807, 2.05) is 6.92 Å². The molecule has 1 aliphatic carbocycles. The van der Waals surface area contributed by atoms with Gasteiger partial charge in [-0.05, 0) is 79.0 Å². The highest BCUT2D eigenvalue weighted by atomic mass is 19.3. The molecule has 1 nitrogen and oxygen atoms in total. The van der Waals surface area contributed by atoms with Crippen LogP contribution in [0.2, 0.25) is 0 Å². The highest BCUT2D eigenvalue weighted by Gasteiger charge is 2.44. The van der Waals surface area contributed by atoms with E-state index in [2.05, 4.69) is 0 Å². The minimum Gasteiger partial charge on any atom is -0.432 e. The van der Waals surface area contributed by atoms with E-state index in [-0.39, 0.29) is 47.9 Å². The van der Waals surface area contributed by atoms with Gasteiger partial charge in [0.2, 0.25) is 0 Å². The Morgan fingerprint density at radius 3 is 2.00 bits per heavy atom. The fraction of sp³-hybridized carbons (Fsp3) is 0.357. The van der Waals surface area contributed by atoms with Gasteiger partial charge in [-0.1, -0.05) is 25.5 Å². The zero-order chi connectivity index (χ0) is 26.9. The van der Waals surface area contributed by atoms with E-state index in [0.29, 0.717) is 31.0 Å². The SMILES string of the molecule is CCCc1ccc(C2CCC(C(F)(F)Oc3ccc(-c4cc(F)c(F)c(F)c4)c(F)c3)CC2)c(F)c1F. The Balaban J connectivity index is 1.44. The van der Waals surface area contributed by atoms with Crippen molar-refractivity contribution in [1.29, 1.82) is 0 Å². The first kappa shape index (κ1) is 26.9. The zero-order valence-electron chi connectivity index (χ0n) is 19.9. The van der Waals surface area contributed by atoms with Crippen molar-refractivity contribution in [2.24, 2.45) is 5.92 Å². The quantitative estimate of drug-likeness (QED) is 0.220. The molecule has 3 aromatic carbocycles. The maximum Gasteiger partial charge on any atom is 0.400 e. The molecular weight excluding hydrogens is 504 g/mol. The van der Waals surface area contributed by atoms with Crippen molar-refractivity contribution < 1.29 is 39.9 Å². The first-order valence-electron chi connectivity index (χ1n) is 12.0. The monoisotopic (exact) mass is 528 g/mol. The first-order chi connectivity index (χ1) is 17.5. The van der Waals surface area contributed by atoms with E-state index in [1.54, 1.807) is 0 Å². The minimum atomic E-state index is -3.68. The highest BCUT2D eigenvalue weighted by molar-refractivity contribution is 5.65. The number of rotatable bonds is 7. The van der Waals surface area contributed by atoms with Gasteiger partial charge in [-0.3, -0.25) is 0 Å². The van der Waals surface area contributed by atoms with E-state index >= 15 is 0 Å². The second-order valence-corrected chi connectivity index (χ2v) is 9.30. The fourth-order valence-corrected chi connectivity index (χ4v) is 4.87. The lowest BCUT2D eigenvalue weighted by atomic mass is 9.77. The van der Waals surface area contributed by atoms with Crippen molar-refractivity contribution in [3.63, 3.8) is 0 Å². The van der Waals surface area contributed by atoms with Crippen LogP contribution in [0.1, 0.15) is 56.1 Å². The van der Waals surface area contributed by atoms with Gasteiger partial charge in [0.05, 0.1) is 5.92 Å². The molecule has 198 valence electrons. The molecule has 0 bridgehead atoms. The number of alkyl halides is 2. The van der Waals surface area contributed by atoms with E-state index in [0.717, 1.165) is 12.1 Å². The Morgan fingerprint density at radius 2 is 1.41 bits per heavy atom. The Labute approximate surface area is 209 Å². The summed E-state index contributed by atoms with van der Waals surface area (Å²) < 4.78 is 118. The average Bonchev–Trinajstić information content (AvgIpc) is 2.85. The van der Waals surface area contributed by atoms with Gasteiger partial charge in [0.15, 0.2) is 29.1 Å². The van der Waals surface area contributed by atoms with Crippen molar-refractivity contribution >= 4 is 0 Å². The Morgan fingerprint density at radius 1 is 0.757 bits per heavy atom. The van der Waals surface area contributed by atoms with Crippen LogP contribution in [-0.2, 0) is 6.42 Å². The van der Waals surface area contributed by atoms with Crippen molar-refractivity contribution in [3.8, 4) is 16.9 Å². The number of benzene rings is 3. The number of halogens is 8. The van der Waals surface area contributed by atoms with Crippen LogP contribution in [0.4, 0.5) is 35.1 Å². The second-order valence-electron chi connectivity index (χ2n) is 9.30. The summed E-state index contributed by atoms with van der Waals surface area (Å²) in [6, 6.07) is 6.92. The predicted octanol–water partition coefficient (Wildman–Crippen LogP) is 9.09. The molecule has 0 amide bonds. The molecule has 1 aliphatic rings. The van der Waals surface area contributed by atoms with Crippen molar-refractivity contribution in [2.45, 2.75) is 57.5 Å². The van der Waals surface area contributed by atoms with Crippen LogP contribution in [-0.4, -0.2) is 6.11 Å². The molecule has 0 aromatic heterocycles. The maximum absolute atomic E-state index is 14.9. The largest absolute Gasteiger partial charge is 0.432 e. The summed E-state index contributed by atoms with van der Waals surface area (Å²) in [4.78, 5) is 0. The smallest absolute Gasteiger partial charge is 0.400 e. The summed E-state index contributed by atoms with van der Waals surface area (Å²) in [5.74, 6) is -9.82.